The smallest absolute Gasteiger partial charge is 0.176 e. The molecule has 3 aromatic carbocycles. The molecule has 0 spiro atoms. The molecule has 0 amide bonds. The van der Waals surface area contributed by atoms with Crippen LogP contribution >= 0.6 is 34.8 Å². The van der Waals surface area contributed by atoms with Crippen LogP contribution < -0.4 is 4.74 Å². The molecular weight excluding hydrogens is 431 g/mol. The molecule has 1 fully saturated rings. The number of aliphatic hydroxyl groups excluding tert-OH is 1. The Kier molecular flexibility index (Phi) is 4.39. The fourth-order valence-corrected chi connectivity index (χ4v) is 5.73. The second-order valence-electron chi connectivity index (χ2n) is 7.59. The van der Waals surface area contributed by atoms with E-state index >= 15 is 0 Å². The van der Waals surface area contributed by atoms with E-state index < -0.39 is 17.3 Å². The van der Waals surface area contributed by atoms with Gasteiger partial charge in [0.05, 0.1) is 16.7 Å². The van der Waals surface area contributed by atoms with E-state index in [1.807, 2.05) is 42.5 Å². The summed E-state index contributed by atoms with van der Waals surface area (Å²) in [4.78, 5) is 0. The van der Waals surface area contributed by atoms with E-state index in [1.165, 1.54) is 0 Å². The summed E-state index contributed by atoms with van der Waals surface area (Å²) < 4.78 is 6.52. The molecule has 1 heterocycles. The van der Waals surface area contributed by atoms with Crippen molar-refractivity contribution in [2.45, 2.75) is 29.6 Å². The first-order valence-electron chi connectivity index (χ1n) is 9.28. The summed E-state index contributed by atoms with van der Waals surface area (Å²) in [5, 5.41) is 24.5. The molecule has 0 saturated heterocycles. The number of hydrogen-bond donors (Lipinski definition) is 2. The zero-order valence-electron chi connectivity index (χ0n) is 15.1. The first kappa shape index (κ1) is 19.2. The standard InChI is InChI=1S/C23H17Cl3O3/c24-15-8-6-14(7-9-15)23-17(13-4-2-1-3-5-13)12-20(27)22(23,28)21-18(26)10-16(25)11-19(21)29-23/h1-11,17,20,27-28H,12H2/t17-,20-,22+,23-/m0/s1. The van der Waals surface area contributed by atoms with Crippen LogP contribution in [0.1, 0.15) is 29.0 Å². The van der Waals surface area contributed by atoms with E-state index in [4.69, 9.17) is 39.5 Å². The molecule has 3 nitrogen and oxygen atoms in total. The number of benzene rings is 3. The highest BCUT2D eigenvalue weighted by Crippen LogP contribution is 2.67. The van der Waals surface area contributed by atoms with Gasteiger partial charge in [-0.25, -0.2) is 0 Å². The Hall–Kier alpha value is -1.75. The van der Waals surface area contributed by atoms with Crippen LogP contribution in [-0.4, -0.2) is 16.3 Å². The molecule has 4 atom stereocenters. The maximum atomic E-state index is 12.1. The van der Waals surface area contributed by atoms with Crippen LogP contribution in [-0.2, 0) is 11.2 Å². The minimum atomic E-state index is -1.75. The molecular formula is C23H17Cl3O3. The molecule has 6 heteroatoms. The van der Waals surface area contributed by atoms with Gasteiger partial charge >= 0.3 is 0 Å². The number of aliphatic hydroxyl groups is 2. The van der Waals surface area contributed by atoms with Crippen molar-refractivity contribution in [3.63, 3.8) is 0 Å². The molecule has 2 aliphatic rings. The zero-order valence-corrected chi connectivity index (χ0v) is 17.4. The summed E-state index contributed by atoms with van der Waals surface area (Å²) in [6.07, 6.45) is -0.787. The maximum absolute atomic E-state index is 12.1. The topological polar surface area (TPSA) is 49.7 Å². The maximum Gasteiger partial charge on any atom is 0.176 e. The highest BCUT2D eigenvalue weighted by atomic mass is 35.5. The Labute approximate surface area is 183 Å². The fraction of sp³-hybridized carbons (Fsp3) is 0.217. The predicted molar refractivity (Wildman–Crippen MR) is 114 cm³/mol. The lowest BCUT2D eigenvalue weighted by molar-refractivity contribution is -0.149. The van der Waals surface area contributed by atoms with E-state index in [0.717, 1.165) is 5.56 Å². The van der Waals surface area contributed by atoms with Crippen LogP contribution in [0.3, 0.4) is 0 Å². The van der Waals surface area contributed by atoms with E-state index in [-0.39, 0.29) is 10.9 Å². The van der Waals surface area contributed by atoms with E-state index in [0.29, 0.717) is 33.3 Å². The third-order valence-corrected chi connectivity index (χ3v) is 6.91. The number of fused-ring (bicyclic) bond motifs is 3. The second kappa shape index (κ2) is 6.63. The molecule has 148 valence electrons. The molecule has 1 aliphatic carbocycles. The third kappa shape index (κ3) is 2.52. The first-order chi connectivity index (χ1) is 13.9. The molecule has 0 radical (unpaired) electrons. The van der Waals surface area contributed by atoms with Gasteiger partial charge in [0.1, 0.15) is 5.75 Å². The summed E-state index contributed by atoms with van der Waals surface area (Å²) >= 11 is 18.8. The van der Waals surface area contributed by atoms with Gasteiger partial charge in [-0.1, -0.05) is 77.3 Å². The van der Waals surface area contributed by atoms with Crippen molar-refractivity contribution in [3.8, 4) is 5.75 Å². The van der Waals surface area contributed by atoms with Gasteiger partial charge in [0.25, 0.3) is 0 Å². The van der Waals surface area contributed by atoms with Crippen LogP contribution in [0.2, 0.25) is 15.1 Å². The molecule has 0 aromatic heterocycles. The quantitative estimate of drug-likeness (QED) is 0.532. The van der Waals surface area contributed by atoms with Crippen molar-refractivity contribution in [2.75, 3.05) is 0 Å². The van der Waals surface area contributed by atoms with Gasteiger partial charge in [0.15, 0.2) is 11.2 Å². The average molecular weight is 448 g/mol. The Morgan fingerprint density at radius 1 is 0.897 bits per heavy atom. The molecule has 3 aromatic rings. The molecule has 5 rings (SSSR count). The average Bonchev–Trinajstić information content (AvgIpc) is 3.09. The summed E-state index contributed by atoms with van der Waals surface area (Å²) in [5.41, 5.74) is -1.01. The zero-order chi connectivity index (χ0) is 20.4. The van der Waals surface area contributed by atoms with Gasteiger partial charge in [-0.15, -0.1) is 0 Å². The van der Waals surface area contributed by atoms with Crippen molar-refractivity contribution in [1.82, 2.24) is 0 Å². The van der Waals surface area contributed by atoms with Crippen molar-refractivity contribution in [3.05, 3.63) is 98.5 Å². The molecule has 0 bridgehead atoms. The van der Waals surface area contributed by atoms with Crippen LogP contribution in [0.5, 0.6) is 5.75 Å². The lowest BCUT2D eigenvalue weighted by Crippen LogP contribution is -2.52. The van der Waals surface area contributed by atoms with Crippen molar-refractivity contribution < 1.29 is 14.9 Å². The highest BCUT2D eigenvalue weighted by molar-refractivity contribution is 6.35. The Bertz CT molecular complexity index is 1090. The molecule has 1 saturated carbocycles. The second-order valence-corrected chi connectivity index (χ2v) is 8.87. The summed E-state index contributed by atoms with van der Waals surface area (Å²) in [6.45, 7) is 0. The Morgan fingerprint density at radius 3 is 2.28 bits per heavy atom. The van der Waals surface area contributed by atoms with Crippen LogP contribution in [0.25, 0.3) is 0 Å². The lowest BCUT2D eigenvalue weighted by Gasteiger charge is -2.40. The van der Waals surface area contributed by atoms with Crippen LogP contribution in [0, 0.1) is 0 Å². The summed E-state index contributed by atoms with van der Waals surface area (Å²) in [7, 11) is 0. The van der Waals surface area contributed by atoms with Crippen LogP contribution in [0.15, 0.2) is 66.7 Å². The number of ether oxygens (including phenoxy) is 1. The van der Waals surface area contributed by atoms with E-state index in [1.54, 1.807) is 24.3 Å². The monoisotopic (exact) mass is 446 g/mol. The van der Waals surface area contributed by atoms with Crippen molar-refractivity contribution >= 4 is 34.8 Å². The van der Waals surface area contributed by atoms with E-state index in [2.05, 4.69) is 0 Å². The Balaban J connectivity index is 1.83. The SMILES string of the molecule is O[C@H]1C[C@@H](c2ccccc2)[C@]2(c3ccc(Cl)cc3)Oc3cc(Cl)cc(Cl)c3[C@]12O. The molecule has 2 N–H and O–H groups in total. The van der Waals surface area contributed by atoms with Gasteiger partial charge < -0.3 is 14.9 Å². The van der Waals surface area contributed by atoms with Gasteiger partial charge in [-0.05, 0) is 41.8 Å². The normalized spacial score (nSPS) is 30.0. The Morgan fingerprint density at radius 2 is 1.59 bits per heavy atom. The predicted octanol–water partition coefficient (Wildman–Crippen LogP) is 5.67. The minimum Gasteiger partial charge on any atom is -0.478 e. The third-order valence-electron chi connectivity index (χ3n) is 6.14. The van der Waals surface area contributed by atoms with Gasteiger partial charge in [0, 0.05) is 16.0 Å². The van der Waals surface area contributed by atoms with Gasteiger partial charge in [0.2, 0.25) is 0 Å². The minimum absolute atomic E-state index is 0.263. The highest BCUT2D eigenvalue weighted by Gasteiger charge is 2.73. The molecule has 29 heavy (non-hydrogen) atoms. The summed E-state index contributed by atoms with van der Waals surface area (Å²) in [6, 6.07) is 20.1. The summed E-state index contributed by atoms with van der Waals surface area (Å²) in [5.74, 6) is 0.0479. The van der Waals surface area contributed by atoms with Crippen molar-refractivity contribution in [2.24, 2.45) is 0 Å². The van der Waals surface area contributed by atoms with Gasteiger partial charge in [-0.2, -0.15) is 0 Å². The van der Waals surface area contributed by atoms with Crippen molar-refractivity contribution in [1.29, 1.82) is 0 Å². The number of hydrogen-bond acceptors (Lipinski definition) is 3. The lowest BCUT2D eigenvalue weighted by atomic mass is 9.71. The fourth-order valence-electron chi connectivity index (χ4n) is 4.98. The number of halogens is 3. The number of rotatable bonds is 2. The first-order valence-corrected chi connectivity index (χ1v) is 10.4. The molecule has 1 aliphatic heterocycles. The molecule has 0 unspecified atom stereocenters. The largest absolute Gasteiger partial charge is 0.478 e. The van der Waals surface area contributed by atoms with Gasteiger partial charge in [-0.3, -0.25) is 0 Å². The van der Waals surface area contributed by atoms with Crippen LogP contribution in [0.4, 0.5) is 0 Å². The van der Waals surface area contributed by atoms with E-state index in [9.17, 15) is 10.2 Å².